The number of hydrogen-bond donors (Lipinski definition) is 1. The Bertz CT molecular complexity index is 189. The average molecular weight is 188 g/mol. The standard InChI is InChI=1S/C9H14ClNO/c10-7-9(12)11-6-5-8-3-1-2-4-8/h3H,1-2,4-7H2,(H,11,12). The normalized spacial score (nSPS) is 15.9. The van der Waals surface area contributed by atoms with Crippen molar-refractivity contribution in [2.75, 3.05) is 12.4 Å². The van der Waals surface area contributed by atoms with Gasteiger partial charge >= 0.3 is 0 Å². The topological polar surface area (TPSA) is 29.1 Å². The van der Waals surface area contributed by atoms with Crippen LogP contribution in [0.2, 0.25) is 0 Å². The molecule has 0 aliphatic heterocycles. The van der Waals surface area contributed by atoms with Gasteiger partial charge in [0.05, 0.1) is 0 Å². The molecule has 0 atom stereocenters. The molecule has 68 valence electrons. The van der Waals surface area contributed by atoms with Crippen molar-refractivity contribution in [1.29, 1.82) is 0 Å². The maximum Gasteiger partial charge on any atom is 0.234 e. The van der Waals surface area contributed by atoms with Crippen LogP contribution in [0.3, 0.4) is 0 Å². The molecule has 0 unspecified atom stereocenters. The van der Waals surface area contributed by atoms with Crippen molar-refractivity contribution in [1.82, 2.24) is 5.32 Å². The second-order valence-corrected chi connectivity index (χ2v) is 3.26. The molecule has 1 amide bonds. The lowest BCUT2D eigenvalue weighted by Crippen LogP contribution is -2.25. The SMILES string of the molecule is O=C(CCl)NCCC1=CCCC1. The van der Waals surface area contributed by atoms with Crippen molar-refractivity contribution in [2.45, 2.75) is 25.7 Å². The van der Waals surface area contributed by atoms with Crippen molar-refractivity contribution in [3.05, 3.63) is 11.6 Å². The predicted molar refractivity (Wildman–Crippen MR) is 50.3 cm³/mol. The summed E-state index contributed by atoms with van der Waals surface area (Å²) in [5.41, 5.74) is 1.48. The number of allylic oxidation sites excluding steroid dienone is 1. The molecule has 1 aliphatic carbocycles. The van der Waals surface area contributed by atoms with Gasteiger partial charge < -0.3 is 5.32 Å². The van der Waals surface area contributed by atoms with Crippen LogP contribution in [0.1, 0.15) is 25.7 Å². The molecule has 3 heteroatoms. The lowest BCUT2D eigenvalue weighted by Gasteiger charge is -2.02. The lowest BCUT2D eigenvalue weighted by molar-refractivity contribution is -0.118. The van der Waals surface area contributed by atoms with E-state index in [1.54, 1.807) is 0 Å². The summed E-state index contributed by atoms with van der Waals surface area (Å²) in [6, 6.07) is 0. The maximum absolute atomic E-state index is 10.7. The summed E-state index contributed by atoms with van der Waals surface area (Å²) in [4.78, 5) is 10.7. The lowest BCUT2D eigenvalue weighted by atomic mass is 10.2. The predicted octanol–water partition coefficient (Wildman–Crippen LogP) is 1.84. The minimum atomic E-state index is -0.0738. The zero-order valence-electron chi connectivity index (χ0n) is 7.11. The number of amides is 1. The van der Waals surface area contributed by atoms with Crippen LogP contribution in [0.15, 0.2) is 11.6 Å². The highest BCUT2D eigenvalue weighted by Gasteiger charge is 2.04. The first kappa shape index (κ1) is 9.59. The Kier molecular flexibility index (Phi) is 4.15. The van der Waals surface area contributed by atoms with Crippen LogP contribution in [-0.4, -0.2) is 18.3 Å². The average Bonchev–Trinajstić information content (AvgIpc) is 2.57. The molecule has 1 rings (SSSR count). The highest BCUT2D eigenvalue weighted by atomic mass is 35.5. The summed E-state index contributed by atoms with van der Waals surface area (Å²) < 4.78 is 0. The van der Waals surface area contributed by atoms with E-state index < -0.39 is 0 Å². The second kappa shape index (κ2) is 5.20. The highest BCUT2D eigenvalue weighted by molar-refractivity contribution is 6.27. The van der Waals surface area contributed by atoms with Gasteiger partial charge in [0, 0.05) is 6.54 Å². The van der Waals surface area contributed by atoms with Crippen LogP contribution in [0.25, 0.3) is 0 Å². The third kappa shape index (κ3) is 3.26. The van der Waals surface area contributed by atoms with E-state index in [9.17, 15) is 4.79 Å². The summed E-state index contributed by atoms with van der Waals surface area (Å²) in [7, 11) is 0. The van der Waals surface area contributed by atoms with Crippen LogP contribution in [-0.2, 0) is 4.79 Å². The van der Waals surface area contributed by atoms with Crippen molar-refractivity contribution in [2.24, 2.45) is 0 Å². The molecule has 1 aliphatic rings. The summed E-state index contributed by atoms with van der Waals surface area (Å²) in [6.45, 7) is 0.734. The van der Waals surface area contributed by atoms with Crippen molar-refractivity contribution < 1.29 is 4.79 Å². The van der Waals surface area contributed by atoms with E-state index >= 15 is 0 Å². The van der Waals surface area contributed by atoms with Gasteiger partial charge in [0.25, 0.3) is 0 Å². The van der Waals surface area contributed by atoms with Gasteiger partial charge in [-0.1, -0.05) is 11.6 Å². The smallest absolute Gasteiger partial charge is 0.234 e. The Labute approximate surface area is 78.0 Å². The summed E-state index contributed by atoms with van der Waals surface area (Å²) >= 11 is 5.32. The first-order valence-electron chi connectivity index (χ1n) is 4.33. The molecule has 0 aromatic heterocycles. The number of rotatable bonds is 4. The quantitative estimate of drug-likeness (QED) is 0.528. The van der Waals surface area contributed by atoms with E-state index in [1.165, 1.54) is 24.8 Å². The minimum Gasteiger partial charge on any atom is -0.355 e. The van der Waals surface area contributed by atoms with Gasteiger partial charge in [-0.15, -0.1) is 11.6 Å². The second-order valence-electron chi connectivity index (χ2n) is 2.99. The van der Waals surface area contributed by atoms with E-state index in [4.69, 9.17) is 11.6 Å². The molecule has 2 nitrogen and oxygen atoms in total. The molecule has 0 aromatic carbocycles. The monoisotopic (exact) mass is 187 g/mol. The highest BCUT2D eigenvalue weighted by Crippen LogP contribution is 2.19. The Morgan fingerprint density at radius 1 is 1.67 bits per heavy atom. The van der Waals surface area contributed by atoms with E-state index in [0.29, 0.717) is 0 Å². The molecule has 12 heavy (non-hydrogen) atoms. The Balaban J connectivity index is 2.05. The van der Waals surface area contributed by atoms with Gasteiger partial charge in [-0.05, 0) is 25.7 Å². The van der Waals surface area contributed by atoms with Gasteiger partial charge in [0.2, 0.25) is 5.91 Å². The van der Waals surface area contributed by atoms with E-state index in [1.807, 2.05) is 0 Å². The van der Waals surface area contributed by atoms with E-state index in [2.05, 4.69) is 11.4 Å². The molecule has 0 saturated heterocycles. The fourth-order valence-corrected chi connectivity index (χ4v) is 1.47. The number of carbonyl (C=O) groups excluding carboxylic acids is 1. The fourth-order valence-electron chi connectivity index (χ4n) is 1.37. The first-order valence-corrected chi connectivity index (χ1v) is 4.87. The molecule has 0 radical (unpaired) electrons. The van der Waals surface area contributed by atoms with Crippen molar-refractivity contribution in [3.8, 4) is 0 Å². The number of alkyl halides is 1. The number of hydrogen-bond acceptors (Lipinski definition) is 1. The van der Waals surface area contributed by atoms with Crippen molar-refractivity contribution in [3.63, 3.8) is 0 Å². The van der Waals surface area contributed by atoms with Crippen LogP contribution < -0.4 is 5.32 Å². The van der Waals surface area contributed by atoms with Gasteiger partial charge in [0.15, 0.2) is 0 Å². The molecule has 0 heterocycles. The number of halogens is 1. The molecular formula is C9H14ClNO. The van der Waals surface area contributed by atoms with Crippen LogP contribution in [0.5, 0.6) is 0 Å². The Hall–Kier alpha value is -0.500. The number of carbonyl (C=O) groups is 1. The summed E-state index contributed by atoms with van der Waals surface area (Å²) in [5.74, 6) is -0.00533. The summed E-state index contributed by atoms with van der Waals surface area (Å²) in [6.07, 6.45) is 6.95. The van der Waals surface area contributed by atoms with E-state index in [0.717, 1.165) is 13.0 Å². The third-order valence-electron chi connectivity index (χ3n) is 2.02. The molecular weight excluding hydrogens is 174 g/mol. The van der Waals surface area contributed by atoms with Gasteiger partial charge in [-0.3, -0.25) is 4.79 Å². The molecule has 0 spiro atoms. The van der Waals surface area contributed by atoms with E-state index in [-0.39, 0.29) is 11.8 Å². The first-order chi connectivity index (χ1) is 5.83. The largest absolute Gasteiger partial charge is 0.355 e. The number of nitrogens with one attached hydrogen (secondary N) is 1. The van der Waals surface area contributed by atoms with Gasteiger partial charge in [0.1, 0.15) is 5.88 Å². The summed E-state index contributed by atoms with van der Waals surface area (Å²) in [5, 5.41) is 2.75. The van der Waals surface area contributed by atoms with Crippen LogP contribution in [0, 0.1) is 0 Å². The molecule has 1 N–H and O–H groups in total. The zero-order chi connectivity index (χ0) is 8.81. The Morgan fingerprint density at radius 2 is 2.50 bits per heavy atom. The van der Waals surface area contributed by atoms with Gasteiger partial charge in [-0.2, -0.15) is 0 Å². The Morgan fingerprint density at radius 3 is 3.08 bits per heavy atom. The third-order valence-corrected chi connectivity index (χ3v) is 2.27. The minimum absolute atomic E-state index is 0.0685. The molecule has 0 bridgehead atoms. The van der Waals surface area contributed by atoms with Gasteiger partial charge in [-0.25, -0.2) is 0 Å². The molecule has 0 saturated carbocycles. The van der Waals surface area contributed by atoms with Crippen LogP contribution >= 0.6 is 11.6 Å². The molecule has 0 aromatic rings. The molecule has 0 fully saturated rings. The maximum atomic E-state index is 10.7. The van der Waals surface area contributed by atoms with Crippen molar-refractivity contribution >= 4 is 17.5 Å². The zero-order valence-corrected chi connectivity index (χ0v) is 7.86. The fraction of sp³-hybridized carbons (Fsp3) is 0.667. The van der Waals surface area contributed by atoms with Crippen LogP contribution in [0.4, 0.5) is 0 Å².